The molecule has 0 atom stereocenters. The summed E-state index contributed by atoms with van der Waals surface area (Å²) in [6.07, 6.45) is 4.25. The minimum absolute atomic E-state index is 0.00614. The van der Waals surface area contributed by atoms with E-state index in [1.807, 2.05) is 60.9 Å². The zero-order valence-corrected chi connectivity index (χ0v) is 15.9. The van der Waals surface area contributed by atoms with Crippen LogP contribution in [0.4, 0.5) is 5.69 Å². The number of nitrogens with zero attached hydrogens (tertiary/aromatic N) is 2. The number of hydrogen-bond donors (Lipinski definition) is 1. The predicted octanol–water partition coefficient (Wildman–Crippen LogP) is 5.18. The molecule has 0 unspecified atom stereocenters. The van der Waals surface area contributed by atoms with Crippen molar-refractivity contribution in [1.29, 1.82) is 0 Å². The van der Waals surface area contributed by atoms with Crippen LogP contribution in [-0.4, -0.2) is 21.6 Å². The molecular weight excluding hydrogens is 354 g/mol. The van der Waals surface area contributed by atoms with E-state index in [4.69, 9.17) is 0 Å². The SMILES string of the molecule is Cc1nccc(-c2cccc(NC(=O)CCS/C=C\c3ccccc3)c2)n1. The normalized spacial score (nSPS) is 10.9. The highest BCUT2D eigenvalue weighted by Crippen LogP contribution is 2.21. The van der Waals surface area contributed by atoms with E-state index in [-0.39, 0.29) is 5.91 Å². The third-order valence-electron chi connectivity index (χ3n) is 3.82. The summed E-state index contributed by atoms with van der Waals surface area (Å²) >= 11 is 1.63. The zero-order chi connectivity index (χ0) is 18.9. The average molecular weight is 375 g/mol. The summed E-state index contributed by atoms with van der Waals surface area (Å²) in [5.41, 5.74) is 3.74. The van der Waals surface area contributed by atoms with Crippen LogP contribution in [0.1, 0.15) is 17.8 Å². The monoisotopic (exact) mass is 375 g/mol. The lowest BCUT2D eigenvalue weighted by Gasteiger charge is -2.07. The largest absolute Gasteiger partial charge is 0.326 e. The molecule has 3 aromatic rings. The Hall–Kier alpha value is -2.92. The van der Waals surface area contributed by atoms with Gasteiger partial charge < -0.3 is 5.32 Å². The Bertz CT molecular complexity index is 926. The van der Waals surface area contributed by atoms with Crippen LogP contribution in [0.3, 0.4) is 0 Å². The van der Waals surface area contributed by atoms with Gasteiger partial charge in [-0.25, -0.2) is 9.97 Å². The van der Waals surface area contributed by atoms with Gasteiger partial charge in [0, 0.05) is 29.6 Å². The molecule has 0 fully saturated rings. The Morgan fingerprint density at radius 1 is 1.11 bits per heavy atom. The predicted molar refractivity (Wildman–Crippen MR) is 113 cm³/mol. The van der Waals surface area contributed by atoms with Crippen LogP contribution in [0.2, 0.25) is 0 Å². The molecule has 27 heavy (non-hydrogen) atoms. The van der Waals surface area contributed by atoms with Gasteiger partial charge in [0.25, 0.3) is 0 Å². The number of rotatable bonds is 7. The number of nitrogens with one attached hydrogen (secondary N) is 1. The molecule has 1 heterocycles. The van der Waals surface area contributed by atoms with Crippen LogP contribution in [-0.2, 0) is 4.79 Å². The maximum Gasteiger partial charge on any atom is 0.225 e. The van der Waals surface area contributed by atoms with E-state index < -0.39 is 0 Å². The number of carbonyl (C=O) groups excluding carboxylic acids is 1. The Morgan fingerprint density at radius 3 is 2.78 bits per heavy atom. The first-order chi connectivity index (χ1) is 13.2. The first-order valence-corrected chi connectivity index (χ1v) is 9.79. The van der Waals surface area contributed by atoms with Gasteiger partial charge in [-0.05, 0) is 42.2 Å². The average Bonchev–Trinajstić information content (AvgIpc) is 2.69. The van der Waals surface area contributed by atoms with Gasteiger partial charge in [-0.2, -0.15) is 0 Å². The molecule has 5 heteroatoms. The van der Waals surface area contributed by atoms with Crippen LogP contribution >= 0.6 is 11.8 Å². The number of carbonyl (C=O) groups is 1. The first-order valence-electron chi connectivity index (χ1n) is 8.74. The van der Waals surface area contributed by atoms with Crippen molar-refractivity contribution in [2.45, 2.75) is 13.3 Å². The van der Waals surface area contributed by atoms with Gasteiger partial charge >= 0.3 is 0 Å². The molecule has 1 N–H and O–H groups in total. The van der Waals surface area contributed by atoms with Crippen molar-refractivity contribution in [3.05, 3.63) is 83.7 Å². The van der Waals surface area contributed by atoms with E-state index in [1.54, 1.807) is 18.0 Å². The molecule has 0 aliphatic heterocycles. The number of anilines is 1. The van der Waals surface area contributed by atoms with Crippen molar-refractivity contribution in [3.63, 3.8) is 0 Å². The van der Waals surface area contributed by atoms with Gasteiger partial charge in [0.15, 0.2) is 0 Å². The van der Waals surface area contributed by atoms with Crippen molar-refractivity contribution in [2.75, 3.05) is 11.1 Å². The van der Waals surface area contributed by atoms with Crippen molar-refractivity contribution < 1.29 is 4.79 Å². The standard InChI is InChI=1S/C22H21N3OS/c1-17-23-13-10-21(24-17)19-8-5-9-20(16-19)25-22(26)12-15-27-14-11-18-6-3-2-4-7-18/h2-11,13-14,16H,12,15H2,1H3,(H,25,26)/b14-11-. The topological polar surface area (TPSA) is 54.9 Å². The van der Waals surface area contributed by atoms with E-state index in [0.29, 0.717) is 6.42 Å². The second kappa shape index (κ2) is 9.69. The molecule has 3 rings (SSSR count). The molecule has 0 aliphatic carbocycles. The Kier molecular flexibility index (Phi) is 6.77. The van der Waals surface area contributed by atoms with Gasteiger partial charge in [0.05, 0.1) is 5.69 Å². The summed E-state index contributed by atoms with van der Waals surface area (Å²) in [6, 6.07) is 19.7. The Labute approximate surface area is 163 Å². The summed E-state index contributed by atoms with van der Waals surface area (Å²) < 4.78 is 0. The van der Waals surface area contributed by atoms with E-state index in [2.05, 4.69) is 33.5 Å². The quantitative estimate of drug-likeness (QED) is 0.578. The third kappa shape index (κ3) is 6.08. The van der Waals surface area contributed by atoms with Crippen molar-refractivity contribution in [2.24, 2.45) is 0 Å². The molecule has 2 aromatic carbocycles. The zero-order valence-electron chi connectivity index (χ0n) is 15.1. The lowest BCUT2D eigenvalue weighted by Crippen LogP contribution is -2.12. The van der Waals surface area contributed by atoms with E-state index in [9.17, 15) is 4.79 Å². The van der Waals surface area contributed by atoms with Crippen LogP contribution in [0.25, 0.3) is 17.3 Å². The summed E-state index contributed by atoms with van der Waals surface area (Å²) in [5, 5.41) is 4.98. The molecule has 0 bridgehead atoms. The van der Waals surface area contributed by atoms with Gasteiger partial charge in [-0.3, -0.25) is 4.79 Å². The fourth-order valence-corrected chi connectivity index (χ4v) is 3.20. The van der Waals surface area contributed by atoms with Crippen LogP contribution < -0.4 is 5.32 Å². The van der Waals surface area contributed by atoms with Gasteiger partial charge in [0.1, 0.15) is 5.82 Å². The van der Waals surface area contributed by atoms with Crippen molar-refractivity contribution >= 4 is 29.4 Å². The van der Waals surface area contributed by atoms with Crippen molar-refractivity contribution in [1.82, 2.24) is 9.97 Å². The molecule has 0 radical (unpaired) electrons. The summed E-state index contributed by atoms with van der Waals surface area (Å²) in [5.74, 6) is 1.47. The Balaban J connectivity index is 1.49. The lowest BCUT2D eigenvalue weighted by molar-refractivity contribution is -0.115. The van der Waals surface area contributed by atoms with E-state index in [0.717, 1.165) is 34.1 Å². The molecule has 0 saturated heterocycles. The number of aromatic nitrogens is 2. The highest BCUT2D eigenvalue weighted by Gasteiger charge is 2.05. The van der Waals surface area contributed by atoms with E-state index >= 15 is 0 Å². The molecule has 136 valence electrons. The second-order valence-electron chi connectivity index (χ2n) is 5.95. The van der Waals surface area contributed by atoms with Crippen LogP contribution in [0.15, 0.2) is 72.3 Å². The summed E-state index contributed by atoms with van der Waals surface area (Å²) in [4.78, 5) is 20.7. The maximum absolute atomic E-state index is 12.2. The molecule has 0 spiro atoms. The molecule has 1 amide bonds. The number of benzene rings is 2. The number of aryl methyl sites for hydroxylation is 1. The lowest BCUT2D eigenvalue weighted by atomic mass is 10.1. The first kappa shape index (κ1) is 18.9. The Morgan fingerprint density at radius 2 is 1.96 bits per heavy atom. The highest BCUT2D eigenvalue weighted by molar-refractivity contribution is 8.02. The number of hydrogen-bond acceptors (Lipinski definition) is 4. The minimum Gasteiger partial charge on any atom is -0.326 e. The van der Waals surface area contributed by atoms with Crippen molar-refractivity contribution in [3.8, 4) is 11.3 Å². The molecule has 1 aromatic heterocycles. The number of amides is 1. The smallest absolute Gasteiger partial charge is 0.225 e. The number of thioether (sulfide) groups is 1. The maximum atomic E-state index is 12.2. The van der Waals surface area contributed by atoms with E-state index in [1.165, 1.54) is 0 Å². The molecule has 4 nitrogen and oxygen atoms in total. The highest BCUT2D eigenvalue weighted by atomic mass is 32.2. The minimum atomic E-state index is 0.00614. The molecule has 0 saturated carbocycles. The molecular formula is C22H21N3OS. The summed E-state index contributed by atoms with van der Waals surface area (Å²) in [6.45, 7) is 1.86. The molecule has 0 aliphatic rings. The van der Waals surface area contributed by atoms with Gasteiger partial charge in [0.2, 0.25) is 5.91 Å². The van der Waals surface area contributed by atoms with Crippen LogP contribution in [0, 0.1) is 6.92 Å². The fourth-order valence-electron chi connectivity index (χ4n) is 2.51. The third-order valence-corrected chi connectivity index (χ3v) is 4.59. The second-order valence-corrected chi connectivity index (χ2v) is 6.97. The van der Waals surface area contributed by atoms with Gasteiger partial charge in [-0.15, -0.1) is 11.8 Å². The summed E-state index contributed by atoms with van der Waals surface area (Å²) in [7, 11) is 0. The van der Waals surface area contributed by atoms with Crippen LogP contribution in [0.5, 0.6) is 0 Å². The van der Waals surface area contributed by atoms with Gasteiger partial charge in [-0.1, -0.05) is 42.5 Å². The fraction of sp³-hybridized carbons (Fsp3) is 0.136.